The molecule has 59 heavy (non-hydrogen) atoms. The van der Waals surface area contributed by atoms with E-state index >= 15 is 0 Å². The van der Waals surface area contributed by atoms with Gasteiger partial charge in [-0.25, -0.2) is 29.9 Å². The van der Waals surface area contributed by atoms with Crippen LogP contribution in [0.25, 0.3) is 112 Å². The molecule has 0 saturated carbocycles. The number of hydrogen-bond acceptors (Lipinski definition) is 7. The first-order valence-electron chi connectivity index (χ1n) is 19.4. The van der Waals surface area contributed by atoms with Gasteiger partial charge in [0.05, 0.1) is 5.39 Å². The Hall–Kier alpha value is -8.16. The number of aromatic nitrogens is 6. The Morgan fingerprint density at radius 1 is 0.322 bits per heavy atom. The summed E-state index contributed by atoms with van der Waals surface area (Å²) in [5.41, 5.74) is 11.5. The summed E-state index contributed by atoms with van der Waals surface area (Å²) in [5, 5.41) is 2.99. The first-order chi connectivity index (χ1) is 29.2. The van der Waals surface area contributed by atoms with Gasteiger partial charge in [0.2, 0.25) is 5.71 Å². The highest BCUT2D eigenvalue weighted by Crippen LogP contribution is 2.39. The van der Waals surface area contributed by atoms with Crippen molar-refractivity contribution in [1.29, 1.82) is 0 Å². The van der Waals surface area contributed by atoms with E-state index in [-0.39, 0.29) is 0 Å². The van der Waals surface area contributed by atoms with Gasteiger partial charge in [0.15, 0.2) is 28.9 Å². The zero-order chi connectivity index (χ0) is 39.1. The number of fused-ring (bicyclic) bond motifs is 4. The van der Waals surface area contributed by atoms with E-state index in [1.807, 2.05) is 115 Å². The van der Waals surface area contributed by atoms with Crippen molar-refractivity contribution in [3.63, 3.8) is 0 Å². The molecule has 0 aliphatic carbocycles. The Balaban J connectivity index is 1.01. The Kier molecular flexibility index (Phi) is 8.33. The molecule has 4 aromatic heterocycles. The van der Waals surface area contributed by atoms with E-state index in [0.717, 1.165) is 77.4 Å². The molecule has 11 aromatic rings. The number of pyridine rings is 1. The van der Waals surface area contributed by atoms with Crippen LogP contribution >= 0.6 is 0 Å². The van der Waals surface area contributed by atoms with Crippen molar-refractivity contribution in [2.75, 3.05) is 0 Å². The molecule has 0 aliphatic rings. The van der Waals surface area contributed by atoms with E-state index in [2.05, 4.69) is 78.9 Å². The van der Waals surface area contributed by atoms with Crippen LogP contribution in [0.2, 0.25) is 0 Å². The maximum absolute atomic E-state index is 6.39. The van der Waals surface area contributed by atoms with Crippen LogP contribution in [-0.4, -0.2) is 29.9 Å². The van der Waals surface area contributed by atoms with Gasteiger partial charge in [0.25, 0.3) is 0 Å². The number of nitrogens with zero attached hydrogens (tertiary/aromatic N) is 6. The van der Waals surface area contributed by atoms with E-state index in [0.29, 0.717) is 34.6 Å². The molecule has 0 amide bonds. The molecule has 0 saturated heterocycles. The third kappa shape index (κ3) is 6.27. The van der Waals surface area contributed by atoms with Crippen molar-refractivity contribution in [2.45, 2.75) is 0 Å². The van der Waals surface area contributed by atoms with Crippen molar-refractivity contribution in [3.05, 3.63) is 194 Å². The van der Waals surface area contributed by atoms with Crippen molar-refractivity contribution < 1.29 is 4.42 Å². The monoisotopic (exact) mass is 756 g/mol. The smallest absolute Gasteiger partial charge is 0.229 e. The lowest BCUT2D eigenvalue weighted by Gasteiger charge is -2.13. The third-order valence-electron chi connectivity index (χ3n) is 10.6. The van der Waals surface area contributed by atoms with Gasteiger partial charge in [0.1, 0.15) is 11.2 Å². The Labute approximate surface area is 339 Å². The molecule has 0 spiro atoms. The summed E-state index contributed by atoms with van der Waals surface area (Å²) in [5.74, 6) is 2.49. The molecule has 0 N–H and O–H groups in total. The largest absolute Gasteiger partial charge is 0.434 e. The summed E-state index contributed by atoms with van der Waals surface area (Å²) in [7, 11) is 0. The highest BCUT2D eigenvalue weighted by Gasteiger charge is 2.20. The molecule has 0 aliphatic heterocycles. The lowest BCUT2D eigenvalue weighted by Crippen LogP contribution is -2.00. The summed E-state index contributed by atoms with van der Waals surface area (Å²) < 4.78 is 6.39. The van der Waals surface area contributed by atoms with Crippen LogP contribution in [0.4, 0.5) is 0 Å². The van der Waals surface area contributed by atoms with E-state index < -0.39 is 0 Å². The van der Waals surface area contributed by atoms with Crippen LogP contribution in [-0.2, 0) is 0 Å². The van der Waals surface area contributed by atoms with Crippen molar-refractivity contribution in [1.82, 2.24) is 29.9 Å². The van der Waals surface area contributed by atoms with Crippen molar-refractivity contribution in [3.8, 4) is 79.1 Å². The average Bonchev–Trinajstić information content (AvgIpc) is 3.70. The predicted molar refractivity (Wildman–Crippen MR) is 236 cm³/mol. The summed E-state index contributed by atoms with van der Waals surface area (Å²) >= 11 is 0. The van der Waals surface area contributed by atoms with E-state index in [1.165, 1.54) is 0 Å². The minimum Gasteiger partial charge on any atom is -0.434 e. The van der Waals surface area contributed by atoms with Crippen molar-refractivity contribution in [2.24, 2.45) is 0 Å². The maximum Gasteiger partial charge on any atom is 0.229 e. The third-order valence-corrected chi connectivity index (χ3v) is 10.6. The maximum atomic E-state index is 6.39. The van der Waals surface area contributed by atoms with Crippen LogP contribution in [0.15, 0.2) is 199 Å². The molecule has 0 radical (unpaired) electrons. The van der Waals surface area contributed by atoms with Crippen molar-refractivity contribution >= 4 is 33.0 Å². The fraction of sp³-hybridized carbons (Fsp3) is 0. The molecule has 4 heterocycles. The molecule has 0 bridgehead atoms. The zero-order valence-corrected chi connectivity index (χ0v) is 31.6. The highest BCUT2D eigenvalue weighted by atomic mass is 16.3. The number of benzene rings is 7. The average molecular weight is 757 g/mol. The van der Waals surface area contributed by atoms with Gasteiger partial charge in [-0.2, -0.15) is 0 Å². The Morgan fingerprint density at radius 3 is 1.42 bits per heavy atom. The molecule has 0 fully saturated rings. The summed E-state index contributed by atoms with van der Waals surface area (Å²) in [6.45, 7) is 0. The van der Waals surface area contributed by atoms with Gasteiger partial charge in [-0.15, -0.1) is 0 Å². The van der Waals surface area contributed by atoms with Gasteiger partial charge in [-0.3, -0.25) is 0 Å². The highest BCUT2D eigenvalue weighted by molar-refractivity contribution is 6.07. The number of hydrogen-bond donors (Lipinski definition) is 0. The van der Waals surface area contributed by atoms with Gasteiger partial charge in [-0.05, 0) is 39.6 Å². The van der Waals surface area contributed by atoms with Gasteiger partial charge >= 0.3 is 0 Å². The quantitative estimate of drug-likeness (QED) is 0.160. The fourth-order valence-electron chi connectivity index (χ4n) is 7.71. The molecule has 7 aromatic carbocycles. The molecule has 0 unspecified atom stereocenters. The lowest BCUT2D eigenvalue weighted by molar-refractivity contribution is 0.653. The topological polar surface area (TPSA) is 90.5 Å². The molecule has 11 rings (SSSR count). The van der Waals surface area contributed by atoms with E-state index in [9.17, 15) is 0 Å². The minimum absolute atomic E-state index is 0.527. The molecular weight excluding hydrogens is 725 g/mol. The van der Waals surface area contributed by atoms with Crippen LogP contribution in [0.5, 0.6) is 0 Å². The lowest BCUT2D eigenvalue weighted by atomic mass is 9.94. The standard InChI is InChI=1S/C52H32N6O/c1-5-15-33(16-6-1)39-31-44-46-47(59-52(44)53-32-39)45(35-17-7-2-8-18-35)54-48(55-46)38-27-25-34(26-28-38)40-29-30-43(42-24-14-13-23-41(40)42)51-57-49(36-19-9-3-10-20-36)56-50(58-51)37-21-11-4-12-22-37/h1-32H. The Morgan fingerprint density at radius 2 is 0.797 bits per heavy atom. The molecular formula is C52H32N6O. The predicted octanol–water partition coefficient (Wildman–Crippen LogP) is 12.8. The van der Waals surface area contributed by atoms with E-state index in [4.69, 9.17) is 34.3 Å². The summed E-state index contributed by atoms with van der Waals surface area (Å²) in [6.07, 6.45) is 1.85. The minimum atomic E-state index is 0.527. The SMILES string of the molecule is c1ccc(-c2cnc3oc4c(-c5ccccc5)nc(-c5ccc(-c6ccc(-c7nc(-c8ccccc8)nc(-c8ccccc8)n7)c7ccccc67)cc5)nc4c3c2)cc1. The Bertz CT molecular complexity index is 3240. The second-order valence-electron chi connectivity index (χ2n) is 14.3. The molecule has 7 nitrogen and oxygen atoms in total. The van der Waals surface area contributed by atoms with Gasteiger partial charge < -0.3 is 4.42 Å². The molecule has 276 valence electrons. The van der Waals surface area contributed by atoms with Crippen LogP contribution < -0.4 is 0 Å². The number of furan rings is 1. The fourth-order valence-corrected chi connectivity index (χ4v) is 7.71. The second-order valence-corrected chi connectivity index (χ2v) is 14.3. The van der Waals surface area contributed by atoms with Gasteiger partial charge in [-0.1, -0.05) is 176 Å². The number of rotatable bonds is 7. The first-order valence-corrected chi connectivity index (χ1v) is 19.4. The molecule has 0 atom stereocenters. The zero-order valence-electron chi connectivity index (χ0n) is 31.6. The first kappa shape index (κ1) is 34.1. The van der Waals surface area contributed by atoms with Gasteiger partial charge in [0, 0.05) is 39.6 Å². The summed E-state index contributed by atoms with van der Waals surface area (Å²) in [6, 6.07) is 63.7. The molecule has 7 heteroatoms. The van der Waals surface area contributed by atoms with Crippen LogP contribution in [0.3, 0.4) is 0 Å². The van der Waals surface area contributed by atoms with Crippen LogP contribution in [0.1, 0.15) is 0 Å². The summed E-state index contributed by atoms with van der Waals surface area (Å²) in [4.78, 5) is 30.0. The van der Waals surface area contributed by atoms with Crippen LogP contribution in [0, 0.1) is 0 Å². The second kappa shape index (κ2) is 14.4. The van der Waals surface area contributed by atoms with E-state index in [1.54, 1.807) is 0 Å². The normalized spacial score (nSPS) is 11.4.